The lowest BCUT2D eigenvalue weighted by molar-refractivity contribution is -0.148. The van der Waals surface area contributed by atoms with Crippen LogP contribution in [0.1, 0.15) is 31.2 Å². The van der Waals surface area contributed by atoms with Crippen LogP contribution in [0.5, 0.6) is 0 Å². The minimum absolute atomic E-state index is 0.0849. The third kappa shape index (κ3) is 3.13. The smallest absolute Gasteiger partial charge is 0.326 e. The predicted octanol–water partition coefficient (Wildman–Crippen LogP) is 2.11. The minimum atomic E-state index is -0.966. The van der Waals surface area contributed by atoms with E-state index in [4.69, 9.17) is 5.11 Å². The third-order valence-corrected chi connectivity index (χ3v) is 3.92. The Kier molecular flexibility index (Phi) is 3.88. The highest BCUT2D eigenvalue weighted by molar-refractivity contribution is 5.83. The summed E-state index contributed by atoms with van der Waals surface area (Å²) in [5.41, 5.74) is 1.27. The maximum absolute atomic E-state index is 12.0. The van der Waals surface area contributed by atoms with E-state index in [1.165, 1.54) is 17.4 Å². The highest BCUT2D eigenvalue weighted by Gasteiger charge is 2.40. The van der Waals surface area contributed by atoms with Crippen molar-refractivity contribution in [2.45, 2.75) is 31.7 Å². The summed E-state index contributed by atoms with van der Waals surface area (Å²) in [6.45, 7) is 1.53. The number of rotatable bonds is 5. The fourth-order valence-corrected chi connectivity index (χ4v) is 2.33. The monoisotopic (exact) mass is 261 g/mol. The van der Waals surface area contributed by atoms with Crippen molar-refractivity contribution in [3.05, 3.63) is 35.9 Å². The van der Waals surface area contributed by atoms with Crippen LogP contribution < -0.4 is 0 Å². The van der Waals surface area contributed by atoms with Crippen LogP contribution in [0.15, 0.2) is 30.3 Å². The molecule has 0 bridgehead atoms. The van der Waals surface area contributed by atoms with Crippen molar-refractivity contribution in [1.82, 2.24) is 4.90 Å². The first-order chi connectivity index (χ1) is 9.00. The number of aliphatic carboxylic acids is 1. The van der Waals surface area contributed by atoms with Crippen molar-refractivity contribution >= 4 is 11.9 Å². The number of benzene rings is 1. The van der Waals surface area contributed by atoms with Crippen LogP contribution >= 0.6 is 0 Å². The van der Waals surface area contributed by atoms with Gasteiger partial charge >= 0.3 is 5.97 Å². The van der Waals surface area contributed by atoms with E-state index in [9.17, 15) is 9.59 Å². The normalized spacial score (nSPS) is 22.6. The van der Waals surface area contributed by atoms with Gasteiger partial charge in [-0.1, -0.05) is 30.3 Å². The zero-order valence-electron chi connectivity index (χ0n) is 11.2. The number of carbonyl (C=O) groups excluding carboxylic acids is 1. The Balaban J connectivity index is 1.87. The number of carboxylic acids is 1. The van der Waals surface area contributed by atoms with E-state index < -0.39 is 12.0 Å². The molecule has 0 saturated heterocycles. The van der Waals surface area contributed by atoms with Gasteiger partial charge in [-0.3, -0.25) is 4.79 Å². The molecule has 1 aliphatic carbocycles. The van der Waals surface area contributed by atoms with E-state index in [0.29, 0.717) is 18.3 Å². The summed E-state index contributed by atoms with van der Waals surface area (Å²) in [7, 11) is 1.56. The first-order valence-corrected chi connectivity index (χ1v) is 6.54. The fraction of sp³-hybridized carbons (Fsp3) is 0.467. The zero-order valence-corrected chi connectivity index (χ0v) is 11.2. The van der Waals surface area contributed by atoms with Crippen molar-refractivity contribution in [3.63, 3.8) is 0 Å². The summed E-state index contributed by atoms with van der Waals surface area (Å²) in [6, 6.07) is 9.39. The number of carboxylic acid groups (broad SMARTS) is 1. The molecule has 0 aromatic heterocycles. The van der Waals surface area contributed by atoms with Crippen molar-refractivity contribution in [2.24, 2.45) is 5.92 Å². The average Bonchev–Trinajstić information content (AvgIpc) is 3.17. The molecule has 1 aliphatic rings. The molecule has 19 heavy (non-hydrogen) atoms. The Hall–Kier alpha value is -1.84. The van der Waals surface area contributed by atoms with Crippen LogP contribution in [0.25, 0.3) is 0 Å². The van der Waals surface area contributed by atoms with E-state index in [1.54, 1.807) is 7.05 Å². The van der Waals surface area contributed by atoms with Gasteiger partial charge in [0, 0.05) is 13.5 Å². The van der Waals surface area contributed by atoms with Gasteiger partial charge in [-0.25, -0.2) is 4.79 Å². The summed E-state index contributed by atoms with van der Waals surface area (Å²) < 4.78 is 0. The van der Waals surface area contributed by atoms with E-state index in [0.717, 1.165) is 6.42 Å². The van der Waals surface area contributed by atoms with Crippen LogP contribution in [-0.4, -0.2) is 35.0 Å². The predicted molar refractivity (Wildman–Crippen MR) is 71.8 cm³/mol. The Morgan fingerprint density at radius 1 is 1.37 bits per heavy atom. The fourth-order valence-electron chi connectivity index (χ4n) is 2.33. The van der Waals surface area contributed by atoms with Gasteiger partial charge in [-0.2, -0.15) is 0 Å². The number of likely N-dealkylation sites (N-methyl/N-ethyl adjacent to an activating group) is 1. The number of hydrogen-bond acceptors (Lipinski definition) is 2. The first-order valence-electron chi connectivity index (χ1n) is 6.54. The van der Waals surface area contributed by atoms with E-state index in [2.05, 4.69) is 12.1 Å². The van der Waals surface area contributed by atoms with Gasteiger partial charge in [0.25, 0.3) is 0 Å². The van der Waals surface area contributed by atoms with Gasteiger partial charge in [0.1, 0.15) is 6.04 Å². The molecule has 0 heterocycles. The number of carbonyl (C=O) groups is 2. The Morgan fingerprint density at radius 3 is 2.58 bits per heavy atom. The van der Waals surface area contributed by atoms with E-state index >= 15 is 0 Å². The van der Waals surface area contributed by atoms with Gasteiger partial charge in [-0.15, -0.1) is 0 Å². The van der Waals surface area contributed by atoms with Crippen molar-refractivity contribution in [2.75, 3.05) is 7.05 Å². The van der Waals surface area contributed by atoms with Gasteiger partial charge in [0.05, 0.1) is 0 Å². The average molecular weight is 261 g/mol. The van der Waals surface area contributed by atoms with Crippen LogP contribution in [0, 0.1) is 5.92 Å². The second-order valence-corrected chi connectivity index (χ2v) is 5.24. The quantitative estimate of drug-likeness (QED) is 0.883. The van der Waals surface area contributed by atoms with Crippen molar-refractivity contribution in [1.29, 1.82) is 0 Å². The SMILES string of the molecule is CC(C(=O)O)N(C)C(=O)C[C@@H]1C[C@H]1c1ccccc1. The highest BCUT2D eigenvalue weighted by atomic mass is 16.4. The van der Waals surface area contributed by atoms with Crippen molar-refractivity contribution < 1.29 is 14.7 Å². The summed E-state index contributed by atoms with van der Waals surface area (Å²) in [6.07, 6.45) is 1.46. The molecule has 1 amide bonds. The zero-order chi connectivity index (χ0) is 14.0. The summed E-state index contributed by atoms with van der Waals surface area (Å²) in [5.74, 6) is -0.235. The Labute approximate surface area is 113 Å². The maximum atomic E-state index is 12.0. The molecule has 1 aromatic carbocycles. The van der Waals surface area contributed by atoms with Crippen LogP contribution in [0.3, 0.4) is 0 Å². The number of hydrogen-bond donors (Lipinski definition) is 1. The second kappa shape index (κ2) is 5.43. The molecule has 1 saturated carbocycles. The molecule has 3 atom stereocenters. The van der Waals surface area contributed by atoms with E-state index in [1.807, 2.05) is 18.2 Å². The number of nitrogens with zero attached hydrogens (tertiary/aromatic N) is 1. The van der Waals surface area contributed by atoms with Crippen molar-refractivity contribution in [3.8, 4) is 0 Å². The molecule has 4 heteroatoms. The van der Waals surface area contributed by atoms with Gasteiger partial charge in [0.15, 0.2) is 0 Å². The Bertz CT molecular complexity index is 472. The molecule has 2 rings (SSSR count). The van der Waals surface area contributed by atoms with Gasteiger partial charge < -0.3 is 10.0 Å². The molecule has 0 spiro atoms. The van der Waals surface area contributed by atoms with Crippen LogP contribution in [0.2, 0.25) is 0 Å². The Morgan fingerprint density at radius 2 is 2.00 bits per heavy atom. The van der Waals surface area contributed by atoms with Crippen LogP contribution in [0.4, 0.5) is 0 Å². The molecule has 1 N–H and O–H groups in total. The molecule has 1 fully saturated rings. The third-order valence-electron chi connectivity index (χ3n) is 3.92. The first kappa shape index (κ1) is 13.6. The van der Waals surface area contributed by atoms with Gasteiger partial charge in [0.2, 0.25) is 5.91 Å². The van der Waals surface area contributed by atoms with E-state index in [-0.39, 0.29) is 5.91 Å². The maximum Gasteiger partial charge on any atom is 0.326 e. The molecule has 0 radical (unpaired) electrons. The lowest BCUT2D eigenvalue weighted by Gasteiger charge is -2.21. The molecule has 1 unspecified atom stereocenters. The molecule has 1 aromatic rings. The van der Waals surface area contributed by atoms with Gasteiger partial charge in [-0.05, 0) is 30.7 Å². The summed E-state index contributed by atoms with van der Waals surface area (Å²) in [4.78, 5) is 24.1. The molecular weight excluding hydrogens is 242 g/mol. The second-order valence-electron chi connectivity index (χ2n) is 5.24. The molecule has 102 valence electrons. The molecule has 0 aliphatic heterocycles. The summed E-state index contributed by atoms with van der Waals surface area (Å²) >= 11 is 0. The number of amides is 1. The topological polar surface area (TPSA) is 57.6 Å². The highest BCUT2D eigenvalue weighted by Crippen LogP contribution is 2.49. The standard InChI is InChI=1S/C15H19NO3/c1-10(15(18)19)16(2)14(17)9-12-8-13(12)11-6-4-3-5-7-11/h3-7,10,12-13H,8-9H2,1-2H3,(H,18,19)/t10?,12-,13-/m0/s1. The molecule has 4 nitrogen and oxygen atoms in total. The lowest BCUT2D eigenvalue weighted by atomic mass is 10.1. The van der Waals surface area contributed by atoms with Crippen LogP contribution in [-0.2, 0) is 9.59 Å². The summed E-state index contributed by atoms with van der Waals surface area (Å²) in [5, 5.41) is 8.89. The minimum Gasteiger partial charge on any atom is -0.480 e. The molecular formula is C15H19NO3. The lowest BCUT2D eigenvalue weighted by Crippen LogP contribution is -2.40. The largest absolute Gasteiger partial charge is 0.480 e.